The number of para-hydroxylation sites is 1. The van der Waals surface area contributed by atoms with Gasteiger partial charge in [0.25, 0.3) is 0 Å². The van der Waals surface area contributed by atoms with Crippen LogP contribution in [-0.4, -0.2) is 34.6 Å². The molecule has 2 amide bonds. The van der Waals surface area contributed by atoms with Crippen molar-refractivity contribution >= 4 is 17.7 Å². The lowest BCUT2D eigenvalue weighted by molar-refractivity contribution is -0.137. The third kappa shape index (κ3) is 3.48. The topological polar surface area (TPSA) is 93.4 Å². The molecular formula is C14H15N3O3. The molecular weight excluding hydrogens is 258 g/mol. The molecule has 0 heterocycles. The Hall–Kier alpha value is -2.55. The minimum atomic E-state index is -0.930. The molecule has 1 saturated carbocycles. The summed E-state index contributed by atoms with van der Waals surface area (Å²) in [6.07, 6.45) is 1.71. The molecule has 0 aromatic heterocycles. The molecule has 1 aromatic carbocycles. The minimum Gasteiger partial charge on any atom is -0.481 e. The van der Waals surface area contributed by atoms with Crippen LogP contribution in [0.4, 0.5) is 10.5 Å². The molecule has 0 spiro atoms. The zero-order chi connectivity index (χ0) is 14.5. The fourth-order valence-corrected chi connectivity index (χ4v) is 1.93. The van der Waals surface area contributed by atoms with Gasteiger partial charge in [0, 0.05) is 12.6 Å². The first-order valence-electron chi connectivity index (χ1n) is 6.40. The number of carbonyl (C=O) groups is 2. The Bertz CT molecular complexity index is 561. The SMILES string of the molecule is N#Cc1ccccc1NC(=O)N(CCC(=O)O)C1CC1. The van der Waals surface area contributed by atoms with E-state index in [4.69, 9.17) is 10.4 Å². The number of benzene rings is 1. The maximum atomic E-state index is 12.2. The summed E-state index contributed by atoms with van der Waals surface area (Å²) >= 11 is 0. The van der Waals surface area contributed by atoms with Gasteiger partial charge in [-0.1, -0.05) is 12.1 Å². The second kappa shape index (κ2) is 6.06. The van der Waals surface area contributed by atoms with Gasteiger partial charge in [-0.05, 0) is 25.0 Å². The Kier molecular flexibility index (Phi) is 4.20. The quantitative estimate of drug-likeness (QED) is 0.858. The molecule has 0 aliphatic heterocycles. The third-order valence-corrected chi connectivity index (χ3v) is 3.10. The van der Waals surface area contributed by atoms with Crippen LogP contribution in [0.15, 0.2) is 24.3 Å². The molecule has 0 unspecified atom stereocenters. The first kappa shape index (κ1) is 13.9. The normalized spacial score (nSPS) is 13.3. The number of hydrogen-bond donors (Lipinski definition) is 2. The highest BCUT2D eigenvalue weighted by Crippen LogP contribution is 2.28. The lowest BCUT2D eigenvalue weighted by atomic mass is 10.2. The number of amides is 2. The van der Waals surface area contributed by atoms with Gasteiger partial charge in [-0.2, -0.15) is 5.26 Å². The van der Waals surface area contributed by atoms with Crippen LogP contribution in [0.2, 0.25) is 0 Å². The van der Waals surface area contributed by atoms with Gasteiger partial charge >= 0.3 is 12.0 Å². The highest BCUT2D eigenvalue weighted by atomic mass is 16.4. The number of anilines is 1. The Labute approximate surface area is 116 Å². The van der Waals surface area contributed by atoms with Crippen LogP contribution in [-0.2, 0) is 4.79 Å². The number of nitrogens with one attached hydrogen (secondary N) is 1. The van der Waals surface area contributed by atoms with Crippen molar-refractivity contribution < 1.29 is 14.7 Å². The number of hydrogen-bond acceptors (Lipinski definition) is 3. The molecule has 1 aliphatic carbocycles. The molecule has 0 saturated heterocycles. The van der Waals surface area contributed by atoms with Crippen molar-refractivity contribution in [1.82, 2.24) is 4.90 Å². The number of nitriles is 1. The maximum Gasteiger partial charge on any atom is 0.322 e. The van der Waals surface area contributed by atoms with Gasteiger partial charge in [0.2, 0.25) is 0 Å². The molecule has 1 fully saturated rings. The summed E-state index contributed by atoms with van der Waals surface area (Å²) in [6.45, 7) is 0.181. The summed E-state index contributed by atoms with van der Waals surface area (Å²) in [4.78, 5) is 24.3. The first-order valence-corrected chi connectivity index (χ1v) is 6.40. The van der Waals surface area contributed by atoms with Gasteiger partial charge in [0.1, 0.15) is 6.07 Å². The number of rotatable bonds is 5. The lowest BCUT2D eigenvalue weighted by Crippen LogP contribution is -2.38. The number of carboxylic acid groups (broad SMARTS) is 1. The van der Waals surface area contributed by atoms with Gasteiger partial charge in [0.15, 0.2) is 0 Å². The monoisotopic (exact) mass is 273 g/mol. The zero-order valence-electron chi connectivity index (χ0n) is 10.9. The number of carboxylic acids is 1. The molecule has 2 N–H and O–H groups in total. The highest BCUT2D eigenvalue weighted by molar-refractivity contribution is 5.91. The van der Waals surface area contributed by atoms with Crippen molar-refractivity contribution in [2.45, 2.75) is 25.3 Å². The van der Waals surface area contributed by atoms with Gasteiger partial charge in [0.05, 0.1) is 17.7 Å². The van der Waals surface area contributed by atoms with Crippen molar-refractivity contribution in [3.05, 3.63) is 29.8 Å². The number of aliphatic carboxylic acids is 1. The van der Waals surface area contributed by atoms with Gasteiger partial charge < -0.3 is 15.3 Å². The van der Waals surface area contributed by atoms with E-state index in [1.165, 1.54) is 4.90 Å². The van der Waals surface area contributed by atoms with E-state index in [2.05, 4.69) is 5.32 Å². The Morgan fingerprint density at radius 2 is 2.10 bits per heavy atom. The molecule has 1 aromatic rings. The molecule has 0 bridgehead atoms. The predicted molar refractivity (Wildman–Crippen MR) is 72.2 cm³/mol. The number of nitrogens with zero attached hydrogens (tertiary/aromatic N) is 2. The third-order valence-electron chi connectivity index (χ3n) is 3.10. The second-order valence-electron chi connectivity index (χ2n) is 4.66. The van der Waals surface area contributed by atoms with E-state index in [-0.39, 0.29) is 25.0 Å². The molecule has 6 heteroatoms. The van der Waals surface area contributed by atoms with Crippen LogP contribution in [0.5, 0.6) is 0 Å². The summed E-state index contributed by atoms with van der Waals surface area (Å²) in [5.41, 5.74) is 0.829. The largest absolute Gasteiger partial charge is 0.481 e. The molecule has 104 valence electrons. The average molecular weight is 273 g/mol. The summed E-state index contributed by atoms with van der Waals surface area (Å²) in [5, 5.41) is 20.4. The maximum absolute atomic E-state index is 12.2. The Morgan fingerprint density at radius 3 is 2.70 bits per heavy atom. The standard InChI is InChI=1S/C14H15N3O3/c15-9-10-3-1-2-4-12(10)16-14(20)17(11-5-6-11)8-7-13(18)19/h1-4,11H,5-8H2,(H,16,20)(H,18,19). The van der Waals surface area contributed by atoms with Crippen LogP contribution < -0.4 is 5.32 Å². The van der Waals surface area contributed by atoms with Crippen LogP contribution in [0, 0.1) is 11.3 Å². The summed E-state index contributed by atoms with van der Waals surface area (Å²) in [7, 11) is 0. The van der Waals surface area contributed by atoms with Gasteiger partial charge in [-0.3, -0.25) is 4.79 Å². The first-order chi connectivity index (χ1) is 9.61. The molecule has 20 heavy (non-hydrogen) atoms. The fourth-order valence-electron chi connectivity index (χ4n) is 1.93. The van der Waals surface area contributed by atoms with E-state index >= 15 is 0 Å². The fraction of sp³-hybridized carbons (Fsp3) is 0.357. The van der Waals surface area contributed by atoms with Gasteiger partial charge in [-0.25, -0.2) is 4.79 Å². The summed E-state index contributed by atoms with van der Waals surface area (Å²) in [5.74, 6) is -0.930. The molecule has 2 rings (SSSR count). The average Bonchev–Trinajstić information content (AvgIpc) is 3.24. The van der Waals surface area contributed by atoms with Crippen LogP contribution in [0.3, 0.4) is 0 Å². The minimum absolute atomic E-state index is 0.0795. The van der Waals surface area contributed by atoms with E-state index in [9.17, 15) is 9.59 Å². The zero-order valence-corrected chi connectivity index (χ0v) is 10.9. The molecule has 0 atom stereocenters. The predicted octanol–water partition coefficient (Wildman–Crippen LogP) is 2.03. The molecule has 1 aliphatic rings. The van der Waals surface area contributed by atoms with Crippen molar-refractivity contribution in [3.8, 4) is 6.07 Å². The number of urea groups is 1. The summed E-state index contributed by atoms with van der Waals surface area (Å²) in [6, 6.07) is 8.49. The summed E-state index contributed by atoms with van der Waals surface area (Å²) < 4.78 is 0. The van der Waals surface area contributed by atoms with E-state index < -0.39 is 5.97 Å². The molecule has 0 radical (unpaired) electrons. The van der Waals surface area contributed by atoms with Crippen molar-refractivity contribution in [2.24, 2.45) is 0 Å². The van der Waals surface area contributed by atoms with Crippen molar-refractivity contribution in [3.63, 3.8) is 0 Å². The van der Waals surface area contributed by atoms with E-state index in [1.807, 2.05) is 6.07 Å². The van der Waals surface area contributed by atoms with Crippen LogP contribution in [0.1, 0.15) is 24.8 Å². The van der Waals surface area contributed by atoms with Crippen molar-refractivity contribution in [2.75, 3.05) is 11.9 Å². The van der Waals surface area contributed by atoms with Crippen LogP contribution >= 0.6 is 0 Å². The Balaban J connectivity index is 2.05. The lowest BCUT2D eigenvalue weighted by Gasteiger charge is -2.22. The molecule has 6 nitrogen and oxygen atoms in total. The van der Waals surface area contributed by atoms with Crippen molar-refractivity contribution in [1.29, 1.82) is 5.26 Å². The van der Waals surface area contributed by atoms with E-state index in [0.717, 1.165) is 12.8 Å². The second-order valence-corrected chi connectivity index (χ2v) is 4.66. The number of carbonyl (C=O) groups excluding carboxylic acids is 1. The highest BCUT2D eigenvalue weighted by Gasteiger charge is 2.32. The van der Waals surface area contributed by atoms with Crippen LogP contribution in [0.25, 0.3) is 0 Å². The Morgan fingerprint density at radius 1 is 1.40 bits per heavy atom. The van der Waals surface area contributed by atoms with Gasteiger partial charge in [-0.15, -0.1) is 0 Å². The van der Waals surface area contributed by atoms with E-state index in [0.29, 0.717) is 11.3 Å². The van der Waals surface area contributed by atoms with E-state index in [1.54, 1.807) is 24.3 Å². The smallest absolute Gasteiger partial charge is 0.322 e.